The first kappa shape index (κ1) is 11.1. The molecule has 4 nitrogen and oxygen atoms in total. The molecular weight excluding hydrogens is 178 g/mol. The minimum Gasteiger partial charge on any atom is -0.385 e. The highest BCUT2D eigenvalue weighted by atomic mass is 16.5. The summed E-state index contributed by atoms with van der Waals surface area (Å²) in [4.78, 5) is 3.97. The molecule has 1 unspecified atom stereocenters. The van der Waals surface area contributed by atoms with Crippen LogP contribution in [0.3, 0.4) is 0 Å². The number of nitrogens with one attached hydrogen (secondary N) is 1. The van der Waals surface area contributed by atoms with Gasteiger partial charge in [0.25, 0.3) is 0 Å². The van der Waals surface area contributed by atoms with Gasteiger partial charge in [0.1, 0.15) is 0 Å². The maximum Gasteiger partial charge on any atom is 0.0462 e. The van der Waals surface area contributed by atoms with Crippen molar-refractivity contribution < 1.29 is 4.74 Å². The van der Waals surface area contributed by atoms with Gasteiger partial charge in [-0.1, -0.05) is 0 Å². The van der Waals surface area contributed by atoms with E-state index in [1.807, 2.05) is 12.1 Å². The number of hydrogen-bond donors (Lipinski definition) is 2. The Morgan fingerprint density at radius 1 is 1.50 bits per heavy atom. The maximum absolute atomic E-state index is 5.48. The molecule has 0 aliphatic carbocycles. The van der Waals surface area contributed by atoms with Gasteiger partial charge in [0, 0.05) is 32.2 Å². The molecule has 0 aliphatic rings. The van der Waals surface area contributed by atoms with Crippen molar-refractivity contribution in [1.82, 2.24) is 10.4 Å². The Balaban J connectivity index is 2.46. The zero-order valence-electron chi connectivity index (χ0n) is 8.44. The van der Waals surface area contributed by atoms with E-state index in [0.717, 1.165) is 19.4 Å². The standard InChI is InChI=1S/C10H17N3O/c1-14-8-2-3-10(13-11)9-4-6-12-7-5-9/h4-7,10,13H,2-3,8,11H2,1H3. The van der Waals surface area contributed by atoms with Crippen molar-refractivity contribution in [3.8, 4) is 0 Å². The maximum atomic E-state index is 5.48. The van der Waals surface area contributed by atoms with Crippen molar-refractivity contribution in [2.24, 2.45) is 5.84 Å². The lowest BCUT2D eigenvalue weighted by molar-refractivity contribution is 0.189. The zero-order chi connectivity index (χ0) is 10.2. The Kier molecular flexibility index (Phi) is 5.14. The van der Waals surface area contributed by atoms with Gasteiger partial charge >= 0.3 is 0 Å². The first-order valence-corrected chi connectivity index (χ1v) is 4.73. The van der Waals surface area contributed by atoms with Gasteiger partial charge in [0.05, 0.1) is 0 Å². The molecule has 0 saturated carbocycles. The number of hydrazine groups is 1. The molecule has 0 aromatic carbocycles. The van der Waals surface area contributed by atoms with Crippen LogP contribution in [0.15, 0.2) is 24.5 Å². The molecule has 0 radical (unpaired) electrons. The monoisotopic (exact) mass is 195 g/mol. The molecule has 4 heteroatoms. The van der Waals surface area contributed by atoms with Crippen LogP contribution in [0.25, 0.3) is 0 Å². The molecule has 1 atom stereocenters. The summed E-state index contributed by atoms with van der Waals surface area (Å²) in [5.74, 6) is 5.48. The minimum absolute atomic E-state index is 0.188. The van der Waals surface area contributed by atoms with Crippen LogP contribution < -0.4 is 11.3 Å². The Morgan fingerprint density at radius 2 is 2.21 bits per heavy atom. The third kappa shape index (κ3) is 3.41. The van der Waals surface area contributed by atoms with Crippen LogP contribution in [-0.2, 0) is 4.74 Å². The Hall–Kier alpha value is -0.970. The second-order valence-corrected chi connectivity index (χ2v) is 3.13. The summed E-state index contributed by atoms with van der Waals surface area (Å²) < 4.78 is 4.99. The highest BCUT2D eigenvalue weighted by Crippen LogP contribution is 2.16. The van der Waals surface area contributed by atoms with E-state index >= 15 is 0 Å². The zero-order valence-corrected chi connectivity index (χ0v) is 8.44. The second-order valence-electron chi connectivity index (χ2n) is 3.13. The molecular formula is C10H17N3O. The Morgan fingerprint density at radius 3 is 2.79 bits per heavy atom. The van der Waals surface area contributed by atoms with E-state index in [4.69, 9.17) is 10.6 Å². The smallest absolute Gasteiger partial charge is 0.0462 e. The van der Waals surface area contributed by atoms with E-state index in [9.17, 15) is 0 Å². The summed E-state index contributed by atoms with van der Waals surface area (Å²) in [6, 6.07) is 4.13. The van der Waals surface area contributed by atoms with Crippen LogP contribution in [-0.4, -0.2) is 18.7 Å². The van der Waals surface area contributed by atoms with Crippen molar-refractivity contribution in [3.05, 3.63) is 30.1 Å². The quantitative estimate of drug-likeness (QED) is 0.404. The lowest BCUT2D eigenvalue weighted by atomic mass is 10.0. The summed E-state index contributed by atoms with van der Waals surface area (Å²) >= 11 is 0. The summed E-state index contributed by atoms with van der Waals surface area (Å²) in [6.07, 6.45) is 5.51. The van der Waals surface area contributed by atoms with Crippen molar-refractivity contribution >= 4 is 0 Å². The largest absolute Gasteiger partial charge is 0.385 e. The molecule has 0 saturated heterocycles. The Labute approximate surface area is 84.4 Å². The average Bonchev–Trinajstić information content (AvgIpc) is 2.26. The van der Waals surface area contributed by atoms with Crippen molar-refractivity contribution in [2.45, 2.75) is 18.9 Å². The minimum atomic E-state index is 0.188. The van der Waals surface area contributed by atoms with Gasteiger partial charge in [-0.25, -0.2) is 0 Å². The number of hydrogen-bond acceptors (Lipinski definition) is 4. The van der Waals surface area contributed by atoms with E-state index in [2.05, 4.69) is 10.4 Å². The van der Waals surface area contributed by atoms with Crippen molar-refractivity contribution in [2.75, 3.05) is 13.7 Å². The fraction of sp³-hybridized carbons (Fsp3) is 0.500. The molecule has 0 amide bonds. The average molecular weight is 195 g/mol. The molecule has 14 heavy (non-hydrogen) atoms. The summed E-state index contributed by atoms with van der Waals surface area (Å²) in [7, 11) is 1.71. The molecule has 1 aromatic rings. The molecule has 1 aromatic heterocycles. The van der Waals surface area contributed by atoms with Gasteiger partial charge in [0.2, 0.25) is 0 Å². The molecule has 0 fully saturated rings. The van der Waals surface area contributed by atoms with Crippen LogP contribution >= 0.6 is 0 Å². The number of nitrogens with two attached hydrogens (primary N) is 1. The number of rotatable bonds is 6. The summed E-state index contributed by atoms with van der Waals surface area (Å²) in [5.41, 5.74) is 3.96. The van der Waals surface area contributed by atoms with Crippen LogP contribution in [0.4, 0.5) is 0 Å². The lowest BCUT2D eigenvalue weighted by Gasteiger charge is -2.15. The first-order chi connectivity index (χ1) is 6.88. The second kappa shape index (κ2) is 6.48. The number of methoxy groups -OCH3 is 1. The normalized spacial score (nSPS) is 12.7. The number of pyridine rings is 1. The molecule has 78 valence electrons. The van der Waals surface area contributed by atoms with Gasteiger partial charge in [-0.05, 0) is 30.5 Å². The third-order valence-corrected chi connectivity index (χ3v) is 2.15. The first-order valence-electron chi connectivity index (χ1n) is 4.73. The molecule has 0 spiro atoms. The van der Waals surface area contributed by atoms with E-state index in [1.165, 1.54) is 5.56 Å². The van der Waals surface area contributed by atoms with E-state index in [0.29, 0.717) is 0 Å². The highest BCUT2D eigenvalue weighted by Gasteiger charge is 2.07. The van der Waals surface area contributed by atoms with Crippen LogP contribution in [0, 0.1) is 0 Å². The van der Waals surface area contributed by atoms with Crippen molar-refractivity contribution in [1.29, 1.82) is 0 Å². The topological polar surface area (TPSA) is 60.2 Å². The van der Waals surface area contributed by atoms with Gasteiger partial charge in [-0.2, -0.15) is 0 Å². The SMILES string of the molecule is COCCCC(NN)c1ccncc1. The van der Waals surface area contributed by atoms with E-state index in [-0.39, 0.29) is 6.04 Å². The number of nitrogens with zero attached hydrogens (tertiary/aromatic N) is 1. The predicted molar refractivity (Wildman–Crippen MR) is 55.4 cm³/mol. The molecule has 0 bridgehead atoms. The molecule has 1 rings (SSSR count). The van der Waals surface area contributed by atoms with Gasteiger partial charge in [0.15, 0.2) is 0 Å². The fourth-order valence-corrected chi connectivity index (χ4v) is 1.37. The lowest BCUT2D eigenvalue weighted by Crippen LogP contribution is -2.28. The fourth-order valence-electron chi connectivity index (χ4n) is 1.37. The van der Waals surface area contributed by atoms with Gasteiger partial charge in [-0.3, -0.25) is 16.3 Å². The van der Waals surface area contributed by atoms with Crippen LogP contribution in [0.5, 0.6) is 0 Å². The highest BCUT2D eigenvalue weighted by molar-refractivity contribution is 5.14. The Bertz CT molecular complexity index is 240. The van der Waals surface area contributed by atoms with Crippen LogP contribution in [0.1, 0.15) is 24.4 Å². The molecule has 0 aliphatic heterocycles. The third-order valence-electron chi connectivity index (χ3n) is 2.15. The van der Waals surface area contributed by atoms with Gasteiger partial charge in [-0.15, -0.1) is 0 Å². The predicted octanol–water partition coefficient (Wildman–Crippen LogP) is 1.01. The molecule has 3 N–H and O–H groups in total. The van der Waals surface area contributed by atoms with Gasteiger partial charge < -0.3 is 4.74 Å². The number of aromatic nitrogens is 1. The van der Waals surface area contributed by atoms with E-state index < -0.39 is 0 Å². The summed E-state index contributed by atoms with van der Waals surface area (Å²) in [5, 5.41) is 0. The summed E-state index contributed by atoms with van der Waals surface area (Å²) in [6.45, 7) is 0.767. The van der Waals surface area contributed by atoms with E-state index in [1.54, 1.807) is 19.5 Å². The molecule has 1 heterocycles. The number of ether oxygens (including phenoxy) is 1. The van der Waals surface area contributed by atoms with Crippen LogP contribution in [0.2, 0.25) is 0 Å². The van der Waals surface area contributed by atoms with Crippen molar-refractivity contribution in [3.63, 3.8) is 0 Å².